The fraction of sp³-hybridized carbons (Fsp3) is 0.300. The fourth-order valence-electron chi connectivity index (χ4n) is 5.03. The SMILES string of the molecule is CC(C)c1noc2cc(CC(C)c3nc4cc(CC(C)c5onc6ccccc56)ccc4o3)ccc12. The molecule has 6 heteroatoms. The van der Waals surface area contributed by atoms with E-state index >= 15 is 0 Å². The first-order valence-electron chi connectivity index (χ1n) is 12.6. The Hall–Kier alpha value is -3.93. The molecule has 2 unspecified atom stereocenters. The van der Waals surface area contributed by atoms with Crippen molar-refractivity contribution in [1.82, 2.24) is 15.3 Å². The number of hydrogen-bond donors (Lipinski definition) is 0. The highest BCUT2D eigenvalue weighted by Crippen LogP contribution is 2.31. The maximum atomic E-state index is 6.14. The van der Waals surface area contributed by atoms with E-state index in [2.05, 4.69) is 74.4 Å². The van der Waals surface area contributed by atoms with Crippen LogP contribution in [0, 0.1) is 0 Å². The molecule has 0 amide bonds. The highest BCUT2D eigenvalue weighted by atomic mass is 16.5. The van der Waals surface area contributed by atoms with E-state index in [1.807, 2.05) is 24.3 Å². The zero-order chi connectivity index (χ0) is 24.8. The minimum atomic E-state index is 0.130. The molecule has 0 radical (unpaired) electrons. The zero-order valence-electron chi connectivity index (χ0n) is 21.0. The molecule has 6 aromatic rings. The number of rotatable bonds is 7. The van der Waals surface area contributed by atoms with Gasteiger partial charge in [-0.1, -0.05) is 62.3 Å². The van der Waals surface area contributed by atoms with E-state index in [4.69, 9.17) is 18.4 Å². The second-order valence-corrected chi connectivity index (χ2v) is 10.2. The van der Waals surface area contributed by atoms with Crippen LogP contribution in [0.3, 0.4) is 0 Å². The van der Waals surface area contributed by atoms with E-state index in [0.717, 1.165) is 63.2 Å². The first-order chi connectivity index (χ1) is 17.5. The van der Waals surface area contributed by atoms with E-state index in [1.54, 1.807) is 0 Å². The predicted octanol–water partition coefficient (Wildman–Crippen LogP) is 7.93. The van der Waals surface area contributed by atoms with Crippen molar-refractivity contribution in [2.24, 2.45) is 0 Å². The van der Waals surface area contributed by atoms with Crippen LogP contribution < -0.4 is 0 Å². The minimum absolute atomic E-state index is 0.130. The van der Waals surface area contributed by atoms with E-state index in [1.165, 1.54) is 11.1 Å². The first kappa shape index (κ1) is 22.5. The van der Waals surface area contributed by atoms with Gasteiger partial charge in [0.25, 0.3) is 0 Å². The Labute approximate surface area is 209 Å². The van der Waals surface area contributed by atoms with Crippen molar-refractivity contribution < 1.29 is 13.5 Å². The molecule has 6 nitrogen and oxygen atoms in total. The lowest BCUT2D eigenvalue weighted by molar-refractivity contribution is 0.372. The van der Waals surface area contributed by atoms with Crippen LogP contribution in [0.1, 0.15) is 73.9 Å². The average Bonchev–Trinajstić information content (AvgIpc) is 3.59. The molecule has 0 fully saturated rings. The Kier molecular flexibility index (Phi) is 5.59. The van der Waals surface area contributed by atoms with E-state index in [9.17, 15) is 0 Å². The van der Waals surface area contributed by atoms with Gasteiger partial charge in [0.1, 0.15) is 16.8 Å². The molecule has 0 N–H and O–H groups in total. The molecule has 3 aromatic heterocycles. The second-order valence-electron chi connectivity index (χ2n) is 10.2. The maximum absolute atomic E-state index is 6.14. The molecule has 0 aliphatic carbocycles. The van der Waals surface area contributed by atoms with Gasteiger partial charge in [-0.25, -0.2) is 4.98 Å². The van der Waals surface area contributed by atoms with E-state index in [-0.39, 0.29) is 11.8 Å². The average molecular weight is 480 g/mol. The summed E-state index contributed by atoms with van der Waals surface area (Å²) in [5, 5.41) is 10.6. The summed E-state index contributed by atoms with van der Waals surface area (Å²) in [4.78, 5) is 4.84. The third kappa shape index (κ3) is 4.06. The van der Waals surface area contributed by atoms with Crippen molar-refractivity contribution in [2.45, 2.75) is 58.3 Å². The summed E-state index contributed by atoms with van der Waals surface area (Å²) < 4.78 is 17.4. The van der Waals surface area contributed by atoms with Crippen molar-refractivity contribution in [3.05, 3.63) is 89.1 Å². The highest BCUT2D eigenvalue weighted by Gasteiger charge is 2.19. The molecule has 3 heterocycles. The van der Waals surface area contributed by atoms with Crippen LogP contribution in [0.25, 0.3) is 33.0 Å². The zero-order valence-corrected chi connectivity index (χ0v) is 21.0. The molecule has 0 aliphatic heterocycles. The molecule has 6 rings (SSSR count). The molecule has 0 saturated carbocycles. The molecule has 3 aromatic carbocycles. The van der Waals surface area contributed by atoms with Gasteiger partial charge in [0.15, 0.2) is 17.1 Å². The lowest BCUT2D eigenvalue weighted by atomic mass is 9.96. The van der Waals surface area contributed by atoms with Gasteiger partial charge >= 0.3 is 0 Å². The highest BCUT2D eigenvalue weighted by molar-refractivity contribution is 5.81. The number of hydrogen-bond acceptors (Lipinski definition) is 6. The molecule has 36 heavy (non-hydrogen) atoms. The summed E-state index contributed by atoms with van der Waals surface area (Å²) >= 11 is 0. The monoisotopic (exact) mass is 479 g/mol. The van der Waals surface area contributed by atoms with Gasteiger partial charge in [0, 0.05) is 22.6 Å². The largest absolute Gasteiger partial charge is 0.440 e. The fourth-order valence-corrected chi connectivity index (χ4v) is 5.03. The number of fused-ring (bicyclic) bond motifs is 3. The lowest BCUT2D eigenvalue weighted by Gasteiger charge is -2.08. The molecular formula is C30H29N3O3. The topological polar surface area (TPSA) is 78.1 Å². The second kappa shape index (κ2) is 8.94. The van der Waals surface area contributed by atoms with Crippen LogP contribution >= 0.6 is 0 Å². The van der Waals surface area contributed by atoms with Crippen LogP contribution in [0.2, 0.25) is 0 Å². The van der Waals surface area contributed by atoms with Gasteiger partial charge in [0.2, 0.25) is 0 Å². The van der Waals surface area contributed by atoms with E-state index < -0.39 is 0 Å². The van der Waals surface area contributed by atoms with Crippen LogP contribution in [0.5, 0.6) is 0 Å². The molecule has 0 bridgehead atoms. The Bertz CT molecular complexity index is 1670. The van der Waals surface area contributed by atoms with Crippen molar-refractivity contribution in [3.8, 4) is 0 Å². The minimum Gasteiger partial charge on any atom is -0.440 e. The maximum Gasteiger partial charge on any atom is 0.198 e. The Balaban J connectivity index is 1.20. The van der Waals surface area contributed by atoms with Crippen molar-refractivity contribution in [3.63, 3.8) is 0 Å². The Morgan fingerprint density at radius 2 is 1.47 bits per heavy atom. The number of benzene rings is 3. The van der Waals surface area contributed by atoms with Crippen LogP contribution in [0.15, 0.2) is 74.1 Å². The number of nitrogens with zero attached hydrogens (tertiary/aromatic N) is 3. The predicted molar refractivity (Wildman–Crippen MR) is 140 cm³/mol. The molecular weight excluding hydrogens is 450 g/mol. The Morgan fingerprint density at radius 3 is 2.33 bits per heavy atom. The standard InChI is InChI=1S/C30H29N3O3/c1-17(2)28-23-11-9-21(16-27(23)35-33-28)14-19(4)30-31-25-15-20(10-12-26(25)34-30)13-18(3)29-22-7-5-6-8-24(22)32-36-29/h5-12,15-19H,13-14H2,1-4H3. The molecule has 2 atom stereocenters. The molecule has 0 saturated heterocycles. The quantitative estimate of drug-likeness (QED) is 0.231. The van der Waals surface area contributed by atoms with Gasteiger partial charge in [-0.2, -0.15) is 0 Å². The van der Waals surface area contributed by atoms with E-state index in [0.29, 0.717) is 5.92 Å². The molecule has 0 spiro atoms. The third-order valence-electron chi connectivity index (χ3n) is 6.94. The van der Waals surface area contributed by atoms with Gasteiger partial charge in [-0.05, 0) is 66.3 Å². The van der Waals surface area contributed by atoms with Gasteiger partial charge in [-0.3, -0.25) is 0 Å². The normalized spacial score (nSPS) is 13.8. The van der Waals surface area contributed by atoms with Gasteiger partial charge in [0.05, 0.1) is 5.69 Å². The summed E-state index contributed by atoms with van der Waals surface area (Å²) in [7, 11) is 0. The summed E-state index contributed by atoms with van der Waals surface area (Å²) in [5.74, 6) is 2.33. The third-order valence-corrected chi connectivity index (χ3v) is 6.94. The van der Waals surface area contributed by atoms with Crippen molar-refractivity contribution >= 4 is 33.0 Å². The Morgan fingerprint density at radius 1 is 0.694 bits per heavy atom. The van der Waals surface area contributed by atoms with Crippen LogP contribution in [-0.2, 0) is 12.8 Å². The summed E-state index contributed by atoms with van der Waals surface area (Å²) in [6, 6.07) is 20.6. The van der Waals surface area contributed by atoms with Crippen molar-refractivity contribution in [2.75, 3.05) is 0 Å². The van der Waals surface area contributed by atoms with Crippen LogP contribution in [0.4, 0.5) is 0 Å². The smallest absolute Gasteiger partial charge is 0.198 e. The lowest BCUT2D eigenvalue weighted by Crippen LogP contribution is -1.99. The van der Waals surface area contributed by atoms with Gasteiger partial charge in [-0.15, -0.1) is 0 Å². The number of oxazole rings is 1. The summed E-state index contributed by atoms with van der Waals surface area (Å²) in [6.07, 6.45) is 1.64. The molecule has 0 aliphatic rings. The molecule has 182 valence electrons. The van der Waals surface area contributed by atoms with Gasteiger partial charge < -0.3 is 13.5 Å². The van der Waals surface area contributed by atoms with Crippen LogP contribution in [-0.4, -0.2) is 15.3 Å². The summed E-state index contributed by atoms with van der Waals surface area (Å²) in [5.41, 5.74) is 6.80. The first-order valence-corrected chi connectivity index (χ1v) is 12.6. The summed E-state index contributed by atoms with van der Waals surface area (Å²) in [6.45, 7) is 8.57. The number of aromatic nitrogens is 3. The van der Waals surface area contributed by atoms with Crippen molar-refractivity contribution in [1.29, 1.82) is 0 Å².